The lowest BCUT2D eigenvalue weighted by atomic mass is 9.89. The van der Waals surface area contributed by atoms with Crippen molar-refractivity contribution in [2.45, 2.75) is 13.3 Å². The average Bonchev–Trinajstić information content (AvgIpc) is 2.78. The Morgan fingerprint density at radius 1 is 0.824 bits per heavy atom. The van der Waals surface area contributed by atoms with Crippen LogP contribution in [-0.2, 0) is 0 Å². The van der Waals surface area contributed by atoms with E-state index in [9.17, 15) is 0 Å². The molecule has 0 aromatic heterocycles. The Balaban J connectivity index is 2.09. The van der Waals surface area contributed by atoms with Crippen molar-refractivity contribution in [3.05, 3.63) is 77.2 Å². The lowest BCUT2D eigenvalue weighted by molar-refractivity contribution is 1.04. The largest absolute Gasteiger partial charge is 0.0642 e. The van der Waals surface area contributed by atoms with Crippen LogP contribution >= 0.6 is 0 Å². The van der Waals surface area contributed by atoms with Crippen LogP contribution in [0.1, 0.15) is 30.0 Å². The Bertz CT molecular complexity index is 549. The monoisotopic (exact) mass is 219 g/mol. The van der Waals surface area contributed by atoms with Crippen LogP contribution < -0.4 is 0 Å². The fraction of sp³-hybridized carbons (Fsp3) is 0.118. The molecule has 0 spiro atoms. The molecular weight excluding hydrogens is 204 g/mol. The number of hydrogen-bond donors (Lipinski definition) is 0. The van der Waals surface area contributed by atoms with E-state index in [1.807, 2.05) is 0 Å². The highest BCUT2D eigenvalue weighted by atomic mass is 14.3. The maximum atomic E-state index is 2.31. The predicted molar refractivity (Wildman–Crippen MR) is 73.4 cm³/mol. The molecule has 0 atom stereocenters. The van der Waals surface area contributed by atoms with Gasteiger partial charge < -0.3 is 0 Å². The molecule has 3 rings (SSSR count). The molecule has 2 aromatic rings. The Morgan fingerprint density at radius 2 is 1.53 bits per heavy atom. The van der Waals surface area contributed by atoms with Crippen molar-refractivity contribution in [1.82, 2.24) is 0 Å². The summed E-state index contributed by atoms with van der Waals surface area (Å²) < 4.78 is 0. The second-order valence-electron chi connectivity index (χ2n) is 4.34. The van der Waals surface area contributed by atoms with Crippen molar-refractivity contribution >= 4 is 11.6 Å². The molecule has 0 saturated heterocycles. The van der Waals surface area contributed by atoms with E-state index < -0.39 is 0 Å². The van der Waals surface area contributed by atoms with E-state index in [1.54, 1.807) is 0 Å². The molecule has 0 amide bonds. The Hall–Kier alpha value is -1.82. The van der Waals surface area contributed by atoms with Crippen molar-refractivity contribution in [3.63, 3.8) is 0 Å². The third-order valence-electron chi connectivity index (χ3n) is 3.35. The highest BCUT2D eigenvalue weighted by molar-refractivity contribution is 5.98. The highest BCUT2D eigenvalue weighted by Gasteiger charge is 2.24. The van der Waals surface area contributed by atoms with Crippen LogP contribution in [0.2, 0.25) is 0 Å². The predicted octanol–water partition coefficient (Wildman–Crippen LogP) is 4.57. The van der Waals surface area contributed by atoms with Crippen LogP contribution in [0, 0.1) is 5.92 Å². The molecule has 0 N–H and O–H groups in total. The Morgan fingerprint density at radius 3 is 2.29 bits per heavy atom. The molecule has 1 aliphatic rings. The van der Waals surface area contributed by atoms with Gasteiger partial charge in [-0.05, 0) is 34.8 Å². The first-order valence-electron chi connectivity index (χ1n) is 6.13. The summed E-state index contributed by atoms with van der Waals surface area (Å²) in [6, 6.07) is 19.3. The zero-order valence-electron chi connectivity index (χ0n) is 9.98. The number of benzene rings is 2. The Labute approximate surface area is 103 Å². The Kier molecular flexibility index (Phi) is 2.56. The van der Waals surface area contributed by atoms with E-state index in [1.165, 1.54) is 28.2 Å². The molecule has 0 heteroatoms. The van der Waals surface area contributed by atoms with Gasteiger partial charge in [-0.2, -0.15) is 0 Å². The second-order valence-corrected chi connectivity index (χ2v) is 4.34. The standard InChI is InChI=1S/C17H15/c1-2-15-16-11-7-6-10-14(16)12-17(15)13-8-4-3-5-9-13/h3-12H,2H2,1H3. The van der Waals surface area contributed by atoms with Crippen LogP contribution in [-0.4, -0.2) is 0 Å². The van der Waals surface area contributed by atoms with E-state index in [-0.39, 0.29) is 0 Å². The molecular formula is C17H15. The zero-order valence-corrected chi connectivity index (χ0v) is 9.98. The first-order chi connectivity index (χ1) is 8.40. The van der Waals surface area contributed by atoms with E-state index in [4.69, 9.17) is 0 Å². The van der Waals surface area contributed by atoms with Gasteiger partial charge in [0.1, 0.15) is 0 Å². The summed E-state index contributed by atoms with van der Waals surface area (Å²) >= 11 is 0. The highest BCUT2D eigenvalue weighted by Crippen LogP contribution is 2.42. The van der Waals surface area contributed by atoms with Crippen molar-refractivity contribution < 1.29 is 0 Å². The molecule has 1 aliphatic carbocycles. The fourth-order valence-corrected chi connectivity index (χ4v) is 2.54. The molecule has 1 radical (unpaired) electrons. The fourth-order valence-electron chi connectivity index (χ4n) is 2.54. The minimum Gasteiger partial charge on any atom is -0.0642 e. The van der Waals surface area contributed by atoms with Gasteiger partial charge in [0, 0.05) is 5.92 Å². The third kappa shape index (κ3) is 1.70. The summed E-state index contributed by atoms with van der Waals surface area (Å²) in [5.41, 5.74) is 5.45. The van der Waals surface area contributed by atoms with Crippen molar-refractivity contribution in [2.24, 2.45) is 0 Å². The second kappa shape index (κ2) is 4.21. The number of fused-ring (bicyclic) bond motifs is 1. The molecule has 17 heavy (non-hydrogen) atoms. The third-order valence-corrected chi connectivity index (χ3v) is 3.35. The first kappa shape index (κ1) is 10.3. The summed E-state index contributed by atoms with van der Waals surface area (Å²) in [6.07, 6.45) is 3.39. The maximum Gasteiger partial charge on any atom is 0.0349 e. The zero-order chi connectivity index (χ0) is 11.7. The SMILES string of the molecule is CC[C]1C(c2ccccc2)=Cc2ccccc21. The molecule has 83 valence electrons. The normalized spacial score (nSPS) is 14.5. The van der Waals surface area contributed by atoms with Gasteiger partial charge in [-0.25, -0.2) is 0 Å². The van der Waals surface area contributed by atoms with Gasteiger partial charge >= 0.3 is 0 Å². The molecule has 0 fully saturated rings. The van der Waals surface area contributed by atoms with Gasteiger partial charge in [0.15, 0.2) is 0 Å². The number of hydrogen-bond acceptors (Lipinski definition) is 0. The molecule has 0 saturated carbocycles. The van der Waals surface area contributed by atoms with Crippen LogP contribution in [0.5, 0.6) is 0 Å². The summed E-state index contributed by atoms with van der Waals surface area (Å²) in [5, 5.41) is 0. The topological polar surface area (TPSA) is 0 Å². The van der Waals surface area contributed by atoms with Gasteiger partial charge in [-0.15, -0.1) is 0 Å². The first-order valence-corrected chi connectivity index (χ1v) is 6.13. The summed E-state index contributed by atoms with van der Waals surface area (Å²) in [5.74, 6) is 1.46. The van der Waals surface area contributed by atoms with Gasteiger partial charge in [0.05, 0.1) is 0 Å². The minimum atomic E-state index is 1.08. The van der Waals surface area contributed by atoms with Crippen molar-refractivity contribution in [3.8, 4) is 0 Å². The number of allylic oxidation sites excluding steroid dienone is 1. The lowest BCUT2D eigenvalue weighted by Crippen LogP contribution is -1.97. The van der Waals surface area contributed by atoms with E-state index in [0.717, 1.165) is 6.42 Å². The van der Waals surface area contributed by atoms with Gasteiger partial charge in [0.2, 0.25) is 0 Å². The molecule has 0 bridgehead atoms. The smallest absolute Gasteiger partial charge is 0.0349 e. The molecule has 0 aliphatic heterocycles. The maximum absolute atomic E-state index is 2.31. The van der Waals surface area contributed by atoms with E-state index in [0.29, 0.717) is 0 Å². The van der Waals surface area contributed by atoms with Gasteiger partial charge in [-0.3, -0.25) is 0 Å². The van der Waals surface area contributed by atoms with E-state index >= 15 is 0 Å². The van der Waals surface area contributed by atoms with Crippen LogP contribution in [0.25, 0.3) is 11.6 Å². The quantitative estimate of drug-likeness (QED) is 0.694. The molecule has 0 unspecified atom stereocenters. The summed E-state index contributed by atoms with van der Waals surface area (Å²) in [7, 11) is 0. The average molecular weight is 219 g/mol. The molecule has 0 nitrogen and oxygen atoms in total. The molecule has 2 aromatic carbocycles. The van der Waals surface area contributed by atoms with Crippen LogP contribution in [0.3, 0.4) is 0 Å². The minimum absolute atomic E-state index is 1.08. The van der Waals surface area contributed by atoms with Crippen LogP contribution in [0.4, 0.5) is 0 Å². The van der Waals surface area contributed by atoms with Crippen LogP contribution in [0.15, 0.2) is 54.6 Å². The summed E-state index contributed by atoms with van der Waals surface area (Å²) in [4.78, 5) is 0. The lowest BCUT2D eigenvalue weighted by Gasteiger charge is -2.13. The van der Waals surface area contributed by atoms with Crippen molar-refractivity contribution in [1.29, 1.82) is 0 Å². The summed E-state index contributed by atoms with van der Waals surface area (Å²) in [6.45, 7) is 2.23. The van der Waals surface area contributed by atoms with Gasteiger partial charge in [-0.1, -0.05) is 61.5 Å². The van der Waals surface area contributed by atoms with Gasteiger partial charge in [0.25, 0.3) is 0 Å². The molecule has 0 heterocycles. The number of rotatable bonds is 2. The van der Waals surface area contributed by atoms with Crippen molar-refractivity contribution in [2.75, 3.05) is 0 Å². The van der Waals surface area contributed by atoms with E-state index in [2.05, 4.69) is 67.6 Å².